The summed E-state index contributed by atoms with van der Waals surface area (Å²) in [6, 6.07) is 26.5. The molecule has 0 aliphatic heterocycles. The zero-order valence-corrected chi connectivity index (χ0v) is 17.8. The molecule has 0 atom stereocenters. The fourth-order valence-corrected chi connectivity index (χ4v) is 3.57. The van der Waals surface area contributed by atoms with Crippen molar-refractivity contribution in [1.82, 2.24) is 0 Å². The maximum absolute atomic E-state index is 13.0. The lowest BCUT2D eigenvalue weighted by Crippen LogP contribution is -2.09. The van der Waals surface area contributed by atoms with Gasteiger partial charge in [-0.3, -0.25) is 0 Å². The molecule has 0 radical (unpaired) electrons. The molecule has 0 fully saturated rings. The van der Waals surface area contributed by atoms with Gasteiger partial charge in [0.05, 0.1) is 12.1 Å². The van der Waals surface area contributed by atoms with Gasteiger partial charge in [0, 0.05) is 5.39 Å². The molecule has 4 aromatic rings. The van der Waals surface area contributed by atoms with E-state index in [1.807, 2.05) is 72.8 Å². The number of esters is 1. The Labute approximate surface area is 185 Å². The molecule has 0 aliphatic carbocycles. The third kappa shape index (κ3) is 4.81. The molecule has 0 amide bonds. The number of carbonyl (C=O) groups excluding carboxylic acids is 1. The summed E-state index contributed by atoms with van der Waals surface area (Å²) in [4.78, 5) is 13.0. The summed E-state index contributed by atoms with van der Waals surface area (Å²) in [6.45, 7) is 0.497. The van der Waals surface area contributed by atoms with Gasteiger partial charge < -0.3 is 14.2 Å². The summed E-state index contributed by atoms with van der Waals surface area (Å²) in [6.07, 6.45) is 0. The molecule has 0 heterocycles. The van der Waals surface area contributed by atoms with E-state index in [-0.39, 0.29) is 6.61 Å². The van der Waals surface area contributed by atoms with Crippen LogP contribution in [0.2, 0.25) is 5.02 Å². The first-order valence-corrected chi connectivity index (χ1v) is 10.2. The fourth-order valence-electron chi connectivity index (χ4n) is 3.27. The van der Waals surface area contributed by atoms with E-state index in [1.54, 1.807) is 19.2 Å². The second-order valence-electron chi connectivity index (χ2n) is 6.99. The summed E-state index contributed by atoms with van der Waals surface area (Å²) < 4.78 is 16.9. The van der Waals surface area contributed by atoms with Crippen LogP contribution >= 0.6 is 11.6 Å². The maximum Gasteiger partial charge on any atom is 0.342 e. The van der Waals surface area contributed by atoms with E-state index < -0.39 is 5.97 Å². The molecule has 0 aromatic heterocycles. The monoisotopic (exact) mass is 432 g/mol. The van der Waals surface area contributed by atoms with Crippen LogP contribution in [0.1, 0.15) is 21.5 Å². The van der Waals surface area contributed by atoms with Crippen molar-refractivity contribution in [3.63, 3.8) is 0 Å². The molecule has 0 spiro atoms. The minimum absolute atomic E-state index is 0.168. The van der Waals surface area contributed by atoms with Gasteiger partial charge in [-0.25, -0.2) is 4.79 Å². The van der Waals surface area contributed by atoms with Gasteiger partial charge in [-0.1, -0.05) is 78.3 Å². The van der Waals surface area contributed by atoms with Crippen LogP contribution in [0.3, 0.4) is 0 Å². The third-order valence-electron chi connectivity index (χ3n) is 4.91. The van der Waals surface area contributed by atoms with Crippen LogP contribution in [0.5, 0.6) is 11.5 Å². The quantitative estimate of drug-likeness (QED) is 0.315. The first-order chi connectivity index (χ1) is 15.2. The maximum atomic E-state index is 13.0. The van der Waals surface area contributed by atoms with Gasteiger partial charge in [-0.2, -0.15) is 0 Å². The summed E-state index contributed by atoms with van der Waals surface area (Å²) in [5.74, 6) is 0.499. The summed E-state index contributed by atoms with van der Waals surface area (Å²) >= 11 is 6.50. The Morgan fingerprint density at radius 2 is 1.45 bits per heavy atom. The molecule has 4 nitrogen and oxygen atoms in total. The van der Waals surface area contributed by atoms with Crippen LogP contribution in [0.15, 0.2) is 84.9 Å². The number of rotatable bonds is 7. The third-order valence-corrected chi connectivity index (χ3v) is 5.30. The van der Waals surface area contributed by atoms with E-state index in [4.69, 9.17) is 25.8 Å². The highest BCUT2D eigenvalue weighted by molar-refractivity contribution is 6.37. The Morgan fingerprint density at radius 3 is 2.10 bits per heavy atom. The van der Waals surface area contributed by atoms with Crippen LogP contribution < -0.4 is 9.47 Å². The van der Waals surface area contributed by atoms with E-state index >= 15 is 0 Å². The van der Waals surface area contributed by atoms with Gasteiger partial charge in [-0.05, 0) is 34.7 Å². The Balaban J connectivity index is 1.68. The standard InChI is InChI=1S/C26H21ClO4/c1-29-23-13-12-20-14-24(30-16-18-8-4-2-5-9-18)22(15-21(20)25(23)27)26(28)31-17-19-10-6-3-7-11-19/h2-15H,16-17H2,1H3. The normalized spacial score (nSPS) is 10.6. The second-order valence-corrected chi connectivity index (χ2v) is 7.37. The molecule has 0 saturated heterocycles. The van der Waals surface area contributed by atoms with Crippen LogP contribution in [0.4, 0.5) is 0 Å². The Morgan fingerprint density at radius 1 is 0.806 bits per heavy atom. The van der Waals surface area contributed by atoms with Gasteiger partial charge in [0.1, 0.15) is 30.3 Å². The van der Waals surface area contributed by atoms with E-state index in [0.29, 0.717) is 34.1 Å². The second kappa shape index (κ2) is 9.54. The van der Waals surface area contributed by atoms with Crippen molar-refractivity contribution in [2.75, 3.05) is 7.11 Å². The van der Waals surface area contributed by atoms with Crippen LogP contribution in [0, 0.1) is 0 Å². The molecule has 156 valence electrons. The Kier molecular flexibility index (Phi) is 6.39. The highest BCUT2D eigenvalue weighted by Crippen LogP contribution is 2.36. The smallest absolute Gasteiger partial charge is 0.342 e. The largest absolute Gasteiger partial charge is 0.495 e. The molecule has 0 bridgehead atoms. The summed E-state index contributed by atoms with van der Waals surface area (Å²) in [5, 5.41) is 1.97. The van der Waals surface area contributed by atoms with Crippen LogP contribution in [0.25, 0.3) is 10.8 Å². The zero-order chi connectivity index (χ0) is 21.6. The number of methoxy groups -OCH3 is 1. The van der Waals surface area contributed by atoms with E-state index in [2.05, 4.69) is 0 Å². The fraction of sp³-hybridized carbons (Fsp3) is 0.115. The Hall–Kier alpha value is -3.50. The van der Waals surface area contributed by atoms with Gasteiger partial charge >= 0.3 is 5.97 Å². The van der Waals surface area contributed by atoms with Crippen LogP contribution in [-0.4, -0.2) is 13.1 Å². The average Bonchev–Trinajstić information content (AvgIpc) is 2.82. The minimum Gasteiger partial charge on any atom is -0.495 e. The average molecular weight is 433 g/mol. The van der Waals surface area contributed by atoms with Crippen molar-refractivity contribution in [2.24, 2.45) is 0 Å². The molecule has 0 aliphatic rings. The van der Waals surface area contributed by atoms with Crippen molar-refractivity contribution < 1.29 is 19.0 Å². The number of ether oxygens (including phenoxy) is 3. The molecule has 0 saturated carbocycles. The highest BCUT2D eigenvalue weighted by Gasteiger charge is 2.18. The van der Waals surface area contributed by atoms with Crippen LogP contribution in [-0.2, 0) is 18.0 Å². The first kappa shape index (κ1) is 20.8. The molecule has 4 rings (SSSR count). The van der Waals surface area contributed by atoms with E-state index in [9.17, 15) is 4.79 Å². The minimum atomic E-state index is -0.479. The molecule has 0 N–H and O–H groups in total. The van der Waals surface area contributed by atoms with Crippen molar-refractivity contribution in [1.29, 1.82) is 0 Å². The number of carbonyl (C=O) groups is 1. The number of benzene rings is 4. The summed E-state index contributed by atoms with van der Waals surface area (Å²) in [7, 11) is 1.55. The van der Waals surface area contributed by atoms with Gasteiger partial charge in [0.25, 0.3) is 0 Å². The molecule has 4 aromatic carbocycles. The number of hydrogen-bond acceptors (Lipinski definition) is 4. The predicted octanol–water partition coefficient (Wildman–Crippen LogP) is 6.44. The molecule has 0 unspecified atom stereocenters. The number of fused-ring (bicyclic) bond motifs is 1. The zero-order valence-electron chi connectivity index (χ0n) is 17.0. The SMILES string of the molecule is COc1ccc2cc(OCc3ccccc3)c(C(=O)OCc3ccccc3)cc2c1Cl. The van der Waals surface area contributed by atoms with E-state index in [1.165, 1.54) is 0 Å². The van der Waals surface area contributed by atoms with Crippen molar-refractivity contribution >= 4 is 28.3 Å². The van der Waals surface area contributed by atoms with Crippen molar-refractivity contribution in [2.45, 2.75) is 13.2 Å². The topological polar surface area (TPSA) is 44.8 Å². The van der Waals surface area contributed by atoms with Gasteiger partial charge in [0.15, 0.2) is 0 Å². The Bertz CT molecular complexity index is 1190. The lowest BCUT2D eigenvalue weighted by Gasteiger charge is -2.14. The van der Waals surface area contributed by atoms with Gasteiger partial charge in [-0.15, -0.1) is 0 Å². The van der Waals surface area contributed by atoms with E-state index in [0.717, 1.165) is 16.5 Å². The first-order valence-electron chi connectivity index (χ1n) is 9.83. The summed E-state index contributed by atoms with van der Waals surface area (Å²) in [5.41, 5.74) is 2.22. The molecular weight excluding hydrogens is 412 g/mol. The van der Waals surface area contributed by atoms with Crippen molar-refractivity contribution in [3.8, 4) is 11.5 Å². The van der Waals surface area contributed by atoms with Crippen molar-refractivity contribution in [3.05, 3.63) is 107 Å². The number of hydrogen-bond donors (Lipinski definition) is 0. The molecule has 5 heteroatoms. The lowest BCUT2D eigenvalue weighted by molar-refractivity contribution is 0.0468. The molecule has 31 heavy (non-hydrogen) atoms. The lowest BCUT2D eigenvalue weighted by atomic mass is 10.0. The number of halogens is 1. The predicted molar refractivity (Wildman–Crippen MR) is 122 cm³/mol. The van der Waals surface area contributed by atoms with Gasteiger partial charge in [0.2, 0.25) is 0 Å². The highest BCUT2D eigenvalue weighted by atomic mass is 35.5. The molecular formula is C26H21ClO4.